The van der Waals surface area contributed by atoms with Crippen LogP contribution in [0.25, 0.3) is 11.1 Å². The molecule has 0 saturated carbocycles. The van der Waals surface area contributed by atoms with Crippen molar-refractivity contribution in [3.8, 4) is 22.6 Å². The van der Waals surface area contributed by atoms with E-state index >= 15 is 0 Å². The van der Waals surface area contributed by atoms with Crippen molar-refractivity contribution in [2.75, 3.05) is 6.61 Å². The smallest absolute Gasteiger partial charge is 0.290 e. The zero-order valence-electron chi connectivity index (χ0n) is 17.1. The van der Waals surface area contributed by atoms with Gasteiger partial charge < -0.3 is 19.1 Å². The number of hydrogen-bond acceptors (Lipinski definition) is 6. The van der Waals surface area contributed by atoms with Gasteiger partial charge in [-0.2, -0.15) is 0 Å². The fraction of sp³-hybridized carbons (Fsp3) is 0.318. The second-order valence-corrected chi connectivity index (χ2v) is 7.25. The first-order valence-electron chi connectivity index (χ1n) is 9.18. The van der Waals surface area contributed by atoms with E-state index < -0.39 is 0 Å². The zero-order chi connectivity index (χ0) is 21.3. The van der Waals surface area contributed by atoms with Crippen LogP contribution in [0.15, 0.2) is 53.5 Å². The number of rotatable bonds is 6. The maximum absolute atomic E-state index is 8.36. The summed E-state index contributed by atoms with van der Waals surface area (Å²) in [5.74, 6) is 1.56. The van der Waals surface area contributed by atoms with E-state index in [9.17, 15) is 0 Å². The Hall–Kier alpha value is -3.35. The Labute approximate surface area is 170 Å². The minimum absolute atomic E-state index is 0.250. The molecule has 7 nitrogen and oxygen atoms in total. The number of hydrogen-bond donors (Lipinski definition) is 1. The van der Waals surface area contributed by atoms with Gasteiger partial charge in [-0.3, -0.25) is 9.78 Å². The molecule has 1 aromatic carbocycles. The molecular weight excluding hydrogens is 372 g/mol. The molecular formula is C22H26N2O5. The SMILES string of the molecule is Cc1ncccc1-c1ccc(OC(C)(C)C)cc1OCCc1cnoc1.O=CO. The predicted octanol–water partition coefficient (Wildman–Crippen LogP) is 4.54. The molecule has 3 rings (SSSR count). The summed E-state index contributed by atoms with van der Waals surface area (Å²) in [6.45, 7) is 8.35. The fourth-order valence-corrected chi connectivity index (χ4v) is 2.66. The molecule has 0 aliphatic carbocycles. The first-order valence-corrected chi connectivity index (χ1v) is 9.18. The largest absolute Gasteiger partial charge is 0.492 e. The van der Waals surface area contributed by atoms with E-state index in [0.717, 1.165) is 40.3 Å². The average molecular weight is 398 g/mol. The van der Waals surface area contributed by atoms with Crippen LogP contribution in [-0.2, 0) is 11.2 Å². The monoisotopic (exact) mass is 398 g/mol. The van der Waals surface area contributed by atoms with Crippen LogP contribution >= 0.6 is 0 Å². The predicted molar refractivity (Wildman–Crippen MR) is 109 cm³/mol. The molecule has 29 heavy (non-hydrogen) atoms. The van der Waals surface area contributed by atoms with Crippen molar-refractivity contribution in [2.45, 2.75) is 39.7 Å². The van der Waals surface area contributed by atoms with Crippen molar-refractivity contribution < 1.29 is 23.9 Å². The average Bonchev–Trinajstić information content (AvgIpc) is 3.16. The van der Waals surface area contributed by atoms with Crippen LogP contribution in [0.2, 0.25) is 0 Å². The number of nitrogens with zero attached hydrogens (tertiary/aromatic N) is 2. The molecule has 0 atom stereocenters. The third-order valence-corrected chi connectivity index (χ3v) is 3.81. The van der Waals surface area contributed by atoms with Crippen molar-refractivity contribution in [3.05, 3.63) is 60.2 Å². The molecule has 0 saturated heterocycles. The second-order valence-electron chi connectivity index (χ2n) is 7.25. The highest BCUT2D eigenvalue weighted by atomic mass is 16.5. The van der Waals surface area contributed by atoms with E-state index in [2.05, 4.69) is 16.2 Å². The molecule has 0 aliphatic heterocycles. The van der Waals surface area contributed by atoms with Crippen molar-refractivity contribution in [3.63, 3.8) is 0 Å². The van der Waals surface area contributed by atoms with Gasteiger partial charge in [-0.05, 0) is 45.9 Å². The molecule has 3 aromatic rings. The maximum Gasteiger partial charge on any atom is 0.290 e. The van der Waals surface area contributed by atoms with Gasteiger partial charge in [0.2, 0.25) is 0 Å². The molecule has 0 bridgehead atoms. The summed E-state index contributed by atoms with van der Waals surface area (Å²) in [7, 11) is 0. The maximum atomic E-state index is 8.36. The Morgan fingerprint density at radius 1 is 1.21 bits per heavy atom. The number of aryl methyl sites for hydroxylation is 1. The molecule has 7 heteroatoms. The highest BCUT2D eigenvalue weighted by Crippen LogP contribution is 2.35. The molecule has 0 aliphatic rings. The van der Waals surface area contributed by atoms with Gasteiger partial charge in [0.1, 0.15) is 23.4 Å². The van der Waals surface area contributed by atoms with E-state index in [1.54, 1.807) is 18.7 Å². The van der Waals surface area contributed by atoms with Crippen LogP contribution in [0.4, 0.5) is 0 Å². The lowest BCUT2D eigenvalue weighted by Crippen LogP contribution is -2.22. The van der Waals surface area contributed by atoms with Crippen LogP contribution < -0.4 is 9.47 Å². The van der Waals surface area contributed by atoms with Crippen molar-refractivity contribution in [1.29, 1.82) is 0 Å². The molecule has 2 heterocycles. The Morgan fingerprint density at radius 3 is 2.59 bits per heavy atom. The lowest BCUT2D eigenvalue weighted by Gasteiger charge is -2.22. The van der Waals surface area contributed by atoms with Crippen molar-refractivity contribution in [1.82, 2.24) is 10.1 Å². The summed E-state index contributed by atoms with van der Waals surface area (Å²) >= 11 is 0. The van der Waals surface area contributed by atoms with Gasteiger partial charge in [0.15, 0.2) is 0 Å². The van der Waals surface area contributed by atoms with E-state index in [-0.39, 0.29) is 12.1 Å². The molecule has 0 unspecified atom stereocenters. The molecule has 0 amide bonds. The van der Waals surface area contributed by atoms with Crippen LogP contribution in [0.1, 0.15) is 32.0 Å². The molecule has 1 N–H and O–H groups in total. The molecule has 0 radical (unpaired) electrons. The van der Waals surface area contributed by atoms with Crippen LogP contribution in [0, 0.1) is 6.92 Å². The Bertz CT molecular complexity index is 902. The van der Waals surface area contributed by atoms with Crippen LogP contribution in [-0.4, -0.2) is 33.9 Å². The van der Waals surface area contributed by atoms with Gasteiger partial charge >= 0.3 is 0 Å². The summed E-state index contributed by atoms with van der Waals surface area (Å²) in [5, 5.41) is 10.6. The summed E-state index contributed by atoms with van der Waals surface area (Å²) in [4.78, 5) is 12.8. The molecule has 0 fully saturated rings. The highest BCUT2D eigenvalue weighted by Gasteiger charge is 2.15. The second kappa shape index (κ2) is 10.3. The number of benzene rings is 1. The zero-order valence-corrected chi connectivity index (χ0v) is 17.1. The highest BCUT2D eigenvalue weighted by molar-refractivity contribution is 5.73. The lowest BCUT2D eigenvalue weighted by atomic mass is 10.0. The van der Waals surface area contributed by atoms with Crippen LogP contribution in [0.5, 0.6) is 11.5 Å². The Balaban J connectivity index is 0.000000941. The normalized spacial score (nSPS) is 10.6. The third kappa shape index (κ3) is 6.95. The van der Waals surface area contributed by atoms with E-state index in [1.165, 1.54) is 0 Å². The number of aromatic nitrogens is 2. The third-order valence-electron chi connectivity index (χ3n) is 3.81. The van der Waals surface area contributed by atoms with Gasteiger partial charge in [-0.15, -0.1) is 0 Å². The summed E-state index contributed by atoms with van der Waals surface area (Å²) in [6, 6.07) is 9.93. The Morgan fingerprint density at radius 2 is 1.97 bits per heavy atom. The Kier molecular flexibility index (Phi) is 7.77. The number of carbonyl (C=O) groups is 1. The first-order chi connectivity index (χ1) is 13.8. The number of pyridine rings is 1. The lowest BCUT2D eigenvalue weighted by molar-refractivity contribution is -0.122. The van der Waals surface area contributed by atoms with Crippen molar-refractivity contribution in [2.24, 2.45) is 0 Å². The molecule has 154 valence electrons. The van der Waals surface area contributed by atoms with Crippen LogP contribution in [0.3, 0.4) is 0 Å². The topological polar surface area (TPSA) is 94.7 Å². The van der Waals surface area contributed by atoms with Gasteiger partial charge in [0.05, 0.1) is 12.8 Å². The fourth-order valence-electron chi connectivity index (χ4n) is 2.66. The first kappa shape index (κ1) is 21.9. The summed E-state index contributed by atoms with van der Waals surface area (Å²) < 4.78 is 17.0. The van der Waals surface area contributed by atoms with Gasteiger partial charge in [-0.1, -0.05) is 11.2 Å². The summed E-state index contributed by atoms with van der Waals surface area (Å²) in [6.07, 6.45) is 5.85. The van der Waals surface area contributed by atoms with E-state index in [0.29, 0.717) is 6.61 Å². The van der Waals surface area contributed by atoms with Gasteiger partial charge in [0, 0.05) is 41.1 Å². The molecule has 0 spiro atoms. The minimum Gasteiger partial charge on any atom is -0.492 e. The minimum atomic E-state index is -0.272. The van der Waals surface area contributed by atoms with Gasteiger partial charge in [0.25, 0.3) is 6.47 Å². The van der Waals surface area contributed by atoms with E-state index in [4.69, 9.17) is 23.9 Å². The van der Waals surface area contributed by atoms with E-state index in [1.807, 2.05) is 52.0 Å². The van der Waals surface area contributed by atoms with Crippen molar-refractivity contribution >= 4 is 6.47 Å². The standard InChI is InChI=1S/C21H24N2O3.CH2O2/c1-15-18(6-5-10-22-15)19-8-7-17(26-21(2,3)4)12-20(19)24-11-9-16-13-23-25-14-16;2-1-3/h5-8,10,12-14H,9,11H2,1-4H3;1H,(H,2,3). The number of carboxylic acid groups (broad SMARTS) is 1. The van der Waals surface area contributed by atoms with Gasteiger partial charge in [-0.25, -0.2) is 0 Å². The quantitative estimate of drug-likeness (QED) is 0.609. The molecule has 2 aromatic heterocycles. The number of ether oxygens (including phenoxy) is 2. The summed E-state index contributed by atoms with van der Waals surface area (Å²) in [5.41, 5.74) is 3.75.